The molecular formula is C14H20N2O. The maximum Gasteiger partial charge on any atom is 0.0910 e. The minimum absolute atomic E-state index is 0.338. The summed E-state index contributed by atoms with van der Waals surface area (Å²) >= 11 is 0. The predicted molar refractivity (Wildman–Crippen MR) is 70.4 cm³/mol. The van der Waals surface area contributed by atoms with Gasteiger partial charge in [-0.05, 0) is 37.5 Å². The zero-order valence-electron chi connectivity index (χ0n) is 11.0. The van der Waals surface area contributed by atoms with Crippen molar-refractivity contribution in [2.24, 2.45) is 0 Å². The number of hydrogen-bond donors (Lipinski definition) is 0. The highest BCUT2D eigenvalue weighted by Gasteiger charge is 2.12. The van der Waals surface area contributed by atoms with Gasteiger partial charge in [0, 0.05) is 19.5 Å². The Morgan fingerprint density at radius 2 is 2.24 bits per heavy atom. The van der Waals surface area contributed by atoms with Crippen molar-refractivity contribution >= 4 is 11.0 Å². The molecule has 0 aromatic carbocycles. The average molecular weight is 232 g/mol. The Bertz CT molecular complexity index is 516. The molecule has 2 aromatic heterocycles. The van der Waals surface area contributed by atoms with Crippen molar-refractivity contribution in [1.82, 2.24) is 9.55 Å². The Morgan fingerprint density at radius 1 is 1.47 bits per heavy atom. The highest BCUT2D eigenvalue weighted by Crippen LogP contribution is 2.23. The quantitative estimate of drug-likeness (QED) is 0.810. The van der Waals surface area contributed by atoms with E-state index in [0.29, 0.717) is 6.04 Å². The first-order valence-electron chi connectivity index (χ1n) is 6.12. The number of methoxy groups -OCH3 is 1. The van der Waals surface area contributed by atoms with E-state index in [1.54, 1.807) is 7.11 Å². The van der Waals surface area contributed by atoms with Crippen LogP contribution >= 0.6 is 0 Å². The molecule has 0 bridgehead atoms. The molecular weight excluding hydrogens is 212 g/mol. The van der Waals surface area contributed by atoms with Gasteiger partial charge in [0.15, 0.2) is 0 Å². The summed E-state index contributed by atoms with van der Waals surface area (Å²) < 4.78 is 7.50. The Kier molecular flexibility index (Phi) is 3.48. The summed E-state index contributed by atoms with van der Waals surface area (Å²) in [4.78, 5) is 4.55. The van der Waals surface area contributed by atoms with E-state index in [4.69, 9.17) is 4.74 Å². The molecule has 2 heterocycles. The van der Waals surface area contributed by atoms with Crippen LogP contribution in [-0.4, -0.2) is 23.3 Å². The smallest absolute Gasteiger partial charge is 0.0910 e. The van der Waals surface area contributed by atoms with E-state index in [9.17, 15) is 0 Å². The topological polar surface area (TPSA) is 27.1 Å². The predicted octanol–water partition coefficient (Wildman–Crippen LogP) is 3.11. The second-order valence-corrected chi connectivity index (χ2v) is 4.59. The molecule has 0 radical (unpaired) electrons. The lowest BCUT2D eigenvalue weighted by molar-refractivity contribution is 0.164. The van der Waals surface area contributed by atoms with E-state index in [1.165, 1.54) is 16.6 Å². The second-order valence-electron chi connectivity index (χ2n) is 4.59. The third-order valence-electron chi connectivity index (χ3n) is 3.20. The van der Waals surface area contributed by atoms with Crippen molar-refractivity contribution in [3.63, 3.8) is 0 Å². The minimum Gasteiger partial charge on any atom is -0.383 e. The highest BCUT2D eigenvalue weighted by atomic mass is 16.5. The van der Waals surface area contributed by atoms with Gasteiger partial charge in [-0.3, -0.25) is 4.98 Å². The first-order chi connectivity index (χ1) is 8.17. The van der Waals surface area contributed by atoms with Crippen molar-refractivity contribution in [3.05, 3.63) is 29.6 Å². The third kappa shape index (κ3) is 2.20. The van der Waals surface area contributed by atoms with Crippen molar-refractivity contribution in [3.8, 4) is 0 Å². The van der Waals surface area contributed by atoms with Crippen LogP contribution in [0.2, 0.25) is 0 Å². The first kappa shape index (κ1) is 12.1. The van der Waals surface area contributed by atoms with Crippen LogP contribution < -0.4 is 0 Å². The van der Waals surface area contributed by atoms with Gasteiger partial charge in [0.1, 0.15) is 0 Å². The molecule has 0 aliphatic heterocycles. The van der Waals surface area contributed by atoms with Gasteiger partial charge >= 0.3 is 0 Å². The molecule has 0 N–H and O–H groups in total. The van der Waals surface area contributed by atoms with Crippen LogP contribution in [0.3, 0.4) is 0 Å². The lowest BCUT2D eigenvalue weighted by Gasteiger charge is -2.14. The first-order valence-corrected chi connectivity index (χ1v) is 6.12. The number of ether oxygens (including phenoxy) is 1. The van der Waals surface area contributed by atoms with Gasteiger partial charge in [-0.2, -0.15) is 0 Å². The van der Waals surface area contributed by atoms with Crippen LogP contribution in [0.25, 0.3) is 11.0 Å². The van der Waals surface area contributed by atoms with Crippen molar-refractivity contribution in [2.75, 3.05) is 13.7 Å². The van der Waals surface area contributed by atoms with Gasteiger partial charge in [-0.25, -0.2) is 0 Å². The molecule has 17 heavy (non-hydrogen) atoms. The van der Waals surface area contributed by atoms with Gasteiger partial charge < -0.3 is 9.30 Å². The zero-order chi connectivity index (χ0) is 12.4. The number of nitrogens with zero attached hydrogens (tertiary/aromatic N) is 2. The highest BCUT2D eigenvalue weighted by molar-refractivity contribution is 5.80. The lowest BCUT2D eigenvalue weighted by atomic mass is 10.2. The van der Waals surface area contributed by atoms with Crippen LogP contribution in [0.15, 0.2) is 18.5 Å². The fourth-order valence-corrected chi connectivity index (χ4v) is 2.21. The standard InChI is InChI=1S/C14H20N2O/c1-5-12-6-13-14(15-7-12)10(2)8-16(13)11(3)9-17-4/h6-8,11H,5,9H2,1-4H3/t11-/m0/s1. The molecule has 0 saturated heterocycles. The van der Waals surface area contributed by atoms with E-state index in [0.717, 1.165) is 18.5 Å². The molecule has 0 unspecified atom stereocenters. The van der Waals surface area contributed by atoms with Crippen LogP contribution in [0.4, 0.5) is 0 Å². The zero-order valence-corrected chi connectivity index (χ0v) is 11.0. The van der Waals surface area contributed by atoms with Crippen molar-refractivity contribution in [1.29, 1.82) is 0 Å². The summed E-state index contributed by atoms with van der Waals surface area (Å²) in [6, 6.07) is 2.58. The summed E-state index contributed by atoms with van der Waals surface area (Å²) in [7, 11) is 1.74. The molecule has 0 saturated carbocycles. The molecule has 3 heteroatoms. The normalized spacial score (nSPS) is 13.2. The summed E-state index contributed by atoms with van der Waals surface area (Å²) in [5.74, 6) is 0. The maximum atomic E-state index is 5.23. The van der Waals surface area contributed by atoms with E-state index in [1.807, 2.05) is 6.20 Å². The number of fused-ring (bicyclic) bond motifs is 1. The third-order valence-corrected chi connectivity index (χ3v) is 3.20. The summed E-state index contributed by atoms with van der Waals surface area (Å²) in [6.45, 7) is 7.15. The number of aromatic nitrogens is 2. The minimum atomic E-state index is 0.338. The van der Waals surface area contributed by atoms with E-state index >= 15 is 0 Å². The Balaban J connectivity index is 2.54. The molecule has 0 amide bonds. The maximum absolute atomic E-state index is 5.23. The largest absolute Gasteiger partial charge is 0.383 e. The van der Waals surface area contributed by atoms with E-state index < -0.39 is 0 Å². The van der Waals surface area contributed by atoms with Gasteiger partial charge in [0.2, 0.25) is 0 Å². The number of hydrogen-bond acceptors (Lipinski definition) is 2. The molecule has 3 nitrogen and oxygen atoms in total. The second kappa shape index (κ2) is 4.88. The molecule has 0 spiro atoms. The van der Waals surface area contributed by atoms with Crippen LogP contribution in [0, 0.1) is 6.92 Å². The van der Waals surface area contributed by atoms with E-state index in [-0.39, 0.29) is 0 Å². The SMILES string of the molecule is CCc1cnc2c(C)cn([C@@H](C)COC)c2c1. The van der Waals surface area contributed by atoms with Crippen molar-refractivity contribution < 1.29 is 4.74 Å². The molecule has 1 atom stereocenters. The Morgan fingerprint density at radius 3 is 2.88 bits per heavy atom. The molecule has 92 valence electrons. The molecule has 0 fully saturated rings. The number of aryl methyl sites for hydroxylation is 2. The fourth-order valence-electron chi connectivity index (χ4n) is 2.21. The lowest BCUT2D eigenvalue weighted by Crippen LogP contribution is -2.09. The van der Waals surface area contributed by atoms with Crippen LogP contribution in [0.1, 0.15) is 31.0 Å². The van der Waals surface area contributed by atoms with E-state index in [2.05, 4.69) is 42.6 Å². The molecule has 0 aliphatic rings. The Hall–Kier alpha value is -1.35. The summed E-state index contributed by atoms with van der Waals surface area (Å²) in [6.07, 6.45) is 5.16. The summed E-state index contributed by atoms with van der Waals surface area (Å²) in [5, 5.41) is 0. The molecule has 2 rings (SSSR count). The fraction of sp³-hybridized carbons (Fsp3) is 0.500. The van der Waals surface area contributed by atoms with Gasteiger partial charge in [-0.1, -0.05) is 6.92 Å². The summed E-state index contributed by atoms with van der Waals surface area (Å²) in [5.41, 5.74) is 4.82. The van der Waals surface area contributed by atoms with Crippen LogP contribution in [-0.2, 0) is 11.2 Å². The van der Waals surface area contributed by atoms with Gasteiger partial charge in [0.25, 0.3) is 0 Å². The van der Waals surface area contributed by atoms with Gasteiger partial charge in [0.05, 0.1) is 23.7 Å². The number of rotatable bonds is 4. The van der Waals surface area contributed by atoms with Crippen molar-refractivity contribution in [2.45, 2.75) is 33.2 Å². The Labute approximate surface area is 102 Å². The van der Waals surface area contributed by atoms with Crippen LogP contribution in [0.5, 0.6) is 0 Å². The molecule has 2 aromatic rings. The average Bonchev–Trinajstić information content (AvgIpc) is 2.66. The number of pyridine rings is 1. The molecule has 0 aliphatic carbocycles. The monoisotopic (exact) mass is 232 g/mol. The van der Waals surface area contributed by atoms with Gasteiger partial charge in [-0.15, -0.1) is 0 Å².